The summed E-state index contributed by atoms with van der Waals surface area (Å²) in [4.78, 5) is 12.1. The van der Waals surface area contributed by atoms with Crippen molar-refractivity contribution in [1.82, 2.24) is 20.1 Å². The van der Waals surface area contributed by atoms with Crippen LogP contribution in [0.2, 0.25) is 0 Å². The van der Waals surface area contributed by atoms with Gasteiger partial charge >= 0.3 is 0 Å². The first-order valence-corrected chi connectivity index (χ1v) is 9.28. The number of nitrogens with one attached hydrogen (secondary N) is 1. The number of allylic oxidation sites excluding steroid dienone is 1. The number of hydrogen-bond acceptors (Lipinski definition) is 4. The number of aromatic nitrogens is 3. The largest absolute Gasteiger partial charge is 0.353 e. The number of amides is 1. The molecule has 2 aromatic rings. The Morgan fingerprint density at radius 2 is 2.04 bits per heavy atom. The second kappa shape index (κ2) is 8.15. The van der Waals surface area contributed by atoms with Crippen molar-refractivity contribution in [2.45, 2.75) is 43.4 Å². The van der Waals surface area contributed by atoms with E-state index in [2.05, 4.69) is 22.1 Å². The van der Waals surface area contributed by atoms with E-state index in [-0.39, 0.29) is 5.91 Å². The SMILES string of the molecule is C=CCn1c(SCC(=O)NC2CCCC2)nnc1-c1ccccc1. The minimum Gasteiger partial charge on any atom is -0.353 e. The van der Waals surface area contributed by atoms with Crippen LogP contribution in [0.1, 0.15) is 25.7 Å². The molecular formula is C18H22N4OS. The van der Waals surface area contributed by atoms with E-state index in [1.807, 2.05) is 41.0 Å². The minimum atomic E-state index is 0.0707. The van der Waals surface area contributed by atoms with Crippen molar-refractivity contribution in [3.63, 3.8) is 0 Å². The van der Waals surface area contributed by atoms with E-state index in [0.29, 0.717) is 18.3 Å². The normalized spacial score (nSPS) is 14.7. The molecule has 1 heterocycles. The molecule has 3 rings (SSSR count). The number of nitrogens with zero attached hydrogens (tertiary/aromatic N) is 3. The first kappa shape index (κ1) is 16.8. The van der Waals surface area contributed by atoms with Crippen LogP contribution in [0.5, 0.6) is 0 Å². The first-order valence-electron chi connectivity index (χ1n) is 8.29. The van der Waals surface area contributed by atoms with E-state index >= 15 is 0 Å². The van der Waals surface area contributed by atoms with Crippen LogP contribution < -0.4 is 5.32 Å². The summed E-state index contributed by atoms with van der Waals surface area (Å²) in [5.41, 5.74) is 1.01. The zero-order chi connectivity index (χ0) is 16.8. The summed E-state index contributed by atoms with van der Waals surface area (Å²) in [5, 5.41) is 12.4. The molecule has 1 aromatic heterocycles. The van der Waals surface area contributed by atoms with Gasteiger partial charge in [-0.15, -0.1) is 16.8 Å². The minimum absolute atomic E-state index is 0.0707. The third kappa shape index (κ3) is 4.06. The molecule has 0 atom stereocenters. The lowest BCUT2D eigenvalue weighted by molar-refractivity contribution is -0.119. The second-order valence-electron chi connectivity index (χ2n) is 5.91. The van der Waals surface area contributed by atoms with Crippen LogP contribution in [-0.2, 0) is 11.3 Å². The van der Waals surface area contributed by atoms with Crippen LogP contribution in [-0.4, -0.2) is 32.5 Å². The van der Waals surface area contributed by atoms with Gasteiger partial charge < -0.3 is 5.32 Å². The van der Waals surface area contributed by atoms with Crippen molar-refractivity contribution in [2.24, 2.45) is 0 Å². The Morgan fingerprint density at radius 3 is 2.75 bits per heavy atom. The first-order chi connectivity index (χ1) is 11.8. The van der Waals surface area contributed by atoms with Gasteiger partial charge in [0.25, 0.3) is 0 Å². The van der Waals surface area contributed by atoms with Gasteiger partial charge in [-0.05, 0) is 12.8 Å². The van der Waals surface area contributed by atoms with E-state index in [1.165, 1.54) is 24.6 Å². The molecule has 6 heteroatoms. The molecule has 0 spiro atoms. The smallest absolute Gasteiger partial charge is 0.230 e. The van der Waals surface area contributed by atoms with Crippen LogP contribution in [0.15, 0.2) is 48.1 Å². The van der Waals surface area contributed by atoms with Crippen LogP contribution >= 0.6 is 11.8 Å². The number of benzene rings is 1. The van der Waals surface area contributed by atoms with Crippen molar-refractivity contribution >= 4 is 17.7 Å². The summed E-state index contributed by atoms with van der Waals surface area (Å²) < 4.78 is 2.00. The number of carbonyl (C=O) groups excluding carboxylic acids is 1. The highest BCUT2D eigenvalue weighted by atomic mass is 32.2. The van der Waals surface area contributed by atoms with Gasteiger partial charge in [0.2, 0.25) is 5.91 Å². The fourth-order valence-corrected chi connectivity index (χ4v) is 3.72. The molecule has 0 saturated heterocycles. The summed E-state index contributed by atoms with van der Waals surface area (Å²) in [5.74, 6) is 1.23. The highest BCUT2D eigenvalue weighted by Crippen LogP contribution is 2.24. The molecule has 1 aliphatic rings. The van der Waals surface area contributed by atoms with Gasteiger partial charge in [0.1, 0.15) is 0 Å². The van der Waals surface area contributed by atoms with Crippen molar-refractivity contribution in [3.8, 4) is 11.4 Å². The molecule has 0 radical (unpaired) electrons. The van der Waals surface area contributed by atoms with Gasteiger partial charge in [-0.2, -0.15) is 0 Å². The Morgan fingerprint density at radius 1 is 1.29 bits per heavy atom. The molecule has 0 aliphatic heterocycles. The van der Waals surface area contributed by atoms with E-state index in [9.17, 15) is 4.79 Å². The summed E-state index contributed by atoms with van der Waals surface area (Å²) in [6, 6.07) is 10.3. The summed E-state index contributed by atoms with van der Waals surface area (Å²) >= 11 is 1.42. The molecule has 5 nitrogen and oxygen atoms in total. The third-order valence-electron chi connectivity index (χ3n) is 4.11. The predicted octanol–water partition coefficient (Wildman–Crippen LogP) is 3.28. The molecule has 0 bridgehead atoms. The quantitative estimate of drug-likeness (QED) is 0.620. The van der Waals surface area contributed by atoms with Crippen molar-refractivity contribution in [3.05, 3.63) is 43.0 Å². The lowest BCUT2D eigenvalue weighted by atomic mass is 10.2. The van der Waals surface area contributed by atoms with Crippen molar-refractivity contribution < 1.29 is 4.79 Å². The molecule has 24 heavy (non-hydrogen) atoms. The molecule has 1 aliphatic carbocycles. The standard InChI is InChI=1S/C18H22N4OS/c1-2-12-22-17(14-8-4-3-5-9-14)20-21-18(22)24-13-16(23)19-15-10-6-7-11-15/h2-5,8-9,15H,1,6-7,10-13H2,(H,19,23). The molecule has 0 unspecified atom stereocenters. The number of carbonyl (C=O) groups is 1. The molecule has 1 aromatic carbocycles. The van der Waals surface area contributed by atoms with Crippen molar-refractivity contribution in [1.29, 1.82) is 0 Å². The number of thioether (sulfide) groups is 1. The Balaban J connectivity index is 1.67. The highest BCUT2D eigenvalue weighted by molar-refractivity contribution is 7.99. The molecule has 1 fully saturated rings. The van der Waals surface area contributed by atoms with Crippen molar-refractivity contribution in [2.75, 3.05) is 5.75 Å². The topological polar surface area (TPSA) is 59.8 Å². The van der Waals surface area contributed by atoms with E-state index in [1.54, 1.807) is 0 Å². The fourth-order valence-electron chi connectivity index (χ4n) is 2.96. The molecule has 1 amide bonds. The van der Waals surface area contributed by atoms with Gasteiger partial charge in [-0.1, -0.05) is 61.0 Å². The van der Waals surface area contributed by atoms with Gasteiger partial charge in [-0.25, -0.2) is 0 Å². The summed E-state index contributed by atoms with van der Waals surface area (Å²) in [7, 11) is 0. The number of rotatable bonds is 7. The van der Waals surface area contributed by atoms with E-state index in [4.69, 9.17) is 0 Å². The van der Waals surface area contributed by atoms with Gasteiger partial charge in [-0.3, -0.25) is 9.36 Å². The second-order valence-corrected chi connectivity index (χ2v) is 6.85. The molecule has 126 valence electrons. The summed E-state index contributed by atoms with van der Waals surface area (Å²) in [6.07, 6.45) is 6.44. The number of hydrogen-bond donors (Lipinski definition) is 1. The van der Waals surface area contributed by atoms with E-state index < -0.39 is 0 Å². The van der Waals surface area contributed by atoms with Gasteiger partial charge in [0.05, 0.1) is 5.75 Å². The maximum Gasteiger partial charge on any atom is 0.230 e. The Bertz CT molecular complexity index is 692. The maximum absolute atomic E-state index is 12.1. The highest BCUT2D eigenvalue weighted by Gasteiger charge is 2.18. The zero-order valence-electron chi connectivity index (χ0n) is 13.6. The van der Waals surface area contributed by atoms with Crippen LogP contribution in [0.25, 0.3) is 11.4 Å². The average Bonchev–Trinajstić information content (AvgIpc) is 3.24. The van der Waals surface area contributed by atoms with Crippen LogP contribution in [0, 0.1) is 0 Å². The maximum atomic E-state index is 12.1. The van der Waals surface area contributed by atoms with Crippen LogP contribution in [0.3, 0.4) is 0 Å². The summed E-state index contributed by atoms with van der Waals surface area (Å²) in [6.45, 7) is 4.43. The fraction of sp³-hybridized carbons (Fsp3) is 0.389. The van der Waals surface area contributed by atoms with E-state index in [0.717, 1.165) is 29.4 Å². The predicted molar refractivity (Wildman–Crippen MR) is 96.8 cm³/mol. The molecule has 1 saturated carbocycles. The van der Waals surface area contributed by atoms with Crippen LogP contribution in [0.4, 0.5) is 0 Å². The van der Waals surface area contributed by atoms with Gasteiger partial charge in [0, 0.05) is 18.2 Å². The Kier molecular flexibility index (Phi) is 5.69. The monoisotopic (exact) mass is 342 g/mol. The molecular weight excluding hydrogens is 320 g/mol. The lowest BCUT2D eigenvalue weighted by Crippen LogP contribution is -2.33. The lowest BCUT2D eigenvalue weighted by Gasteiger charge is -2.11. The average molecular weight is 342 g/mol. The van der Waals surface area contributed by atoms with Gasteiger partial charge in [0.15, 0.2) is 11.0 Å². The third-order valence-corrected chi connectivity index (χ3v) is 5.08. The Labute approximate surface area is 146 Å². The molecule has 1 N–H and O–H groups in total. The Hall–Kier alpha value is -2.08. The zero-order valence-corrected chi connectivity index (χ0v) is 14.5.